The molecule has 0 amide bonds. The fourth-order valence-corrected chi connectivity index (χ4v) is 0.546. The molecule has 44 valence electrons. The summed E-state index contributed by atoms with van der Waals surface area (Å²) in [6.45, 7) is 0. The largest absolute Gasteiger partial charge is 0.192 e. The Bertz CT molecular complexity index is 286. The van der Waals surface area contributed by atoms with Crippen molar-refractivity contribution in [2.75, 3.05) is 0 Å². The Labute approximate surface area is 58.9 Å². The molecule has 0 saturated carbocycles. The van der Waals surface area contributed by atoms with E-state index in [0.717, 1.165) is 0 Å². The molecular weight excluding hydrogens is 124 g/mol. The highest BCUT2D eigenvalue weighted by Gasteiger charge is 1.91. The average molecular weight is 126 g/mol. The van der Waals surface area contributed by atoms with Crippen LogP contribution in [0.15, 0.2) is 12.1 Å². The topological polar surface area (TPSA) is 47.6 Å². The highest BCUT2D eigenvalue weighted by Crippen LogP contribution is 1.99. The van der Waals surface area contributed by atoms with Gasteiger partial charge in [-0.3, -0.25) is 0 Å². The fraction of sp³-hybridized carbons (Fsp3) is 0. The summed E-state index contributed by atoms with van der Waals surface area (Å²) >= 11 is 0. The summed E-state index contributed by atoms with van der Waals surface area (Å²) in [6, 6.07) is 11.9. The van der Waals surface area contributed by atoms with Gasteiger partial charge in [0.05, 0.1) is 23.3 Å². The van der Waals surface area contributed by atoms with Crippen molar-refractivity contribution in [3.8, 4) is 12.1 Å². The van der Waals surface area contributed by atoms with E-state index in [1.807, 2.05) is 12.1 Å². The van der Waals surface area contributed by atoms with Crippen LogP contribution in [0.1, 0.15) is 11.1 Å². The first kappa shape index (κ1) is 6.32. The van der Waals surface area contributed by atoms with Crippen molar-refractivity contribution in [3.05, 3.63) is 35.4 Å². The van der Waals surface area contributed by atoms with Crippen LogP contribution in [-0.2, 0) is 0 Å². The van der Waals surface area contributed by atoms with Crippen LogP contribution < -0.4 is 0 Å². The number of nitrogens with zero attached hydrogens (tertiary/aromatic N) is 2. The van der Waals surface area contributed by atoms with Crippen molar-refractivity contribution >= 4 is 0 Å². The molecule has 0 aliphatic rings. The molecule has 0 aliphatic carbocycles. The fourth-order valence-electron chi connectivity index (χ4n) is 0.546. The number of rotatable bonds is 0. The standard InChI is InChI=1S/C8H2N2/c9-5-7-2-1-3-8(4-7)6-10/h2-3H. The average Bonchev–Trinajstić information content (AvgIpc) is 2.05. The summed E-state index contributed by atoms with van der Waals surface area (Å²) in [6.07, 6.45) is 0. The third-order valence-electron chi connectivity index (χ3n) is 0.966. The van der Waals surface area contributed by atoms with Gasteiger partial charge in [-0.2, -0.15) is 10.5 Å². The minimum absolute atomic E-state index is 0.346. The Morgan fingerprint density at radius 1 is 1.10 bits per heavy atom. The van der Waals surface area contributed by atoms with Gasteiger partial charge in [0.1, 0.15) is 0 Å². The highest BCUT2D eigenvalue weighted by atomic mass is 14.2. The van der Waals surface area contributed by atoms with Crippen molar-refractivity contribution in [1.29, 1.82) is 10.5 Å². The van der Waals surface area contributed by atoms with Crippen LogP contribution in [0.2, 0.25) is 0 Å². The molecule has 1 aromatic carbocycles. The number of hydrogen-bond donors (Lipinski definition) is 0. The van der Waals surface area contributed by atoms with Crippen molar-refractivity contribution in [1.82, 2.24) is 0 Å². The third kappa shape index (κ3) is 1.13. The molecule has 0 bridgehead atoms. The molecule has 10 heavy (non-hydrogen) atoms. The van der Waals surface area contributed by atoms with Crippen LogP contribution in [0, 0.1) is 34.8 Å². The summed E-state index contributed by atoms with van der Waals surface area (Å²) < 4.78 is 0. The maximum Gasteiger partial charge on any atom is 0.0998 e. The van der Waals surface area contributed by atoms with Crippen molar-refractivity contribution < 1.29 is 0 Å². The zero-order valence-electron chi connectivity index (χ0n) is 5.05. The predicted molar refractivity (Wildman–Crippen MR) is 33.5 cm³/mol. The monoisotopic (exact) mass is 126 g/mol. The molecule has 0 atom stereocenters. The second-order valence-electron chi connectivity index (χ2n) is 1.63. The van der Waals surface area contributed by atoms with E-state index in [0.29, 0.717) is 11.1 Å². The van der Waals surface area contributed by atoms with Gasteiger partial charge in [-0.05, 0) is 18.2 Å². The van der Waals surface area contributed by atoms with Gasteiger partial charge in [0.2, 0.25) is 0 Å². The molecule has 0 aromatic heterocycles. The van der Waals surface area contributed by atoms with Gasteiger partial charge in [0, 0.05) is 6.07 Å². The Kier molecular flexibility index (Phi) is 1.68. The molecule has 2 nitrogen and oxygen atoms in total. The summed E-state index contributed by atoms with van der Waals surface area (Å²) in [5, 5.41) is 16.7. The van der Waals surface area contributed by atoms with Gasteiger partial charge in [-0.25, -0.2) is 0 Å². The normalized spacial score (nSPS) is 7.80. The van der Waals surface area contributed by atoms with E-state index in [1.54, 1.807) is 0 Å². The van der Waals surface area contributed by atoms with Gasteiger partial charge >= 0.3 is 0 Å². The summed E-state index contributed by atoms with van der Waals surface area (Å²) in [5.41, 5.74) is 0.693. The van der Waals surface area contributed by atoms with Gasteiger partial charge in [0.25, 0.3) is 0 Å². The first-order chi connectivity index (χ1) is 4.86. The van der Waals surface area contributed by atoms with E-state index in [1.165, 1.54) is 12.1 Å². The minimum Gasteiger partial charge on any atom is -0.192 e. The van der Waals surface area contributed by atoms with Crippen molar-refractivity contribution in [3.63, 3.8) is 0 Å². The SMILES string of the molecule is N#Cc1[c]c(C#N)c[c]c1. The van der Waals surface area contributed by atoms with Crippen LogP contribution in [0.5, 0.6) is 0 Å². The second kappa shape index (κ2) is 2.66. The Morgan fingerprint density at radius 3 is 2.00 bits per heavy atom. The van der Waals surface area contributed by atoms with Crippen LogP contribution >= 0.6 is 0 Å². The quantitative estimate of drug-likeness (QED) is 0.521. The summed E-state index contributed by atoms with van der Waals surface area (Å²) in [5.74, 6) is 0. The lowest BCUT2D eigenvalue weighted by molar-refractivity contribution is 1.44. The number of nitriles is 2. The minimum atomic E-state index is 0.346. The van der Waals surface area contributed by atoms with Crippen LogP contribution in [-0.4, -0.2) is 0 Å². The lowest BCUT2D eigenvalue weighted by Crippen LogP contribution is -1.77. The van der Waals surface area contributed by atoms with E-state index in [-0.39, 0.29) is 0 Å². The number of benzene rings is 1. The van der Waals surface area contributed by atoms with Gasteiger partial charge in [-0.1, -0.05) is 0 Å². The molecule has 0 saturated heterocycles. The lowest BCUT2D eigenvalue weighted by Gasteiger charge is -1.84. The molecule has 2 radical (unpaired) electrons. The first-order valence-electron chi connectivity index (χ1n) is 2.60. The molecule has 1 aromatic rings. The Hall–Kier alpha value is -1.80. The maximum atomic E-state index is 8.35. The van der Waals surface area contributed by atoms with Crippen molar-refractivity contribution in [2.24, 2.45) is 0 Å². The van der Waals surface area contributed by atoms with E-state index in [9.17, 15) is 0 Å². The summed E-state index contributed by atoms with van der Waals surface area (Å²) in [4.78, 5) is 0. The molecule has 1 rings (SSSR count). The summed E-state index contributed by atoms with van der Waals surface area (Å²) in [7, 11) is 0. The Morgan fingerprint density at radius 2 is 1.60 bits per heavy atom. The zero-order valence-corrected chi connectivity index (χ0v) is 5.05. The van der Waals surface area contributed by atoms with Crippen LogP contribution in [0.25, 0.3) is 0 Å². The molecule has 2 heteroatoms. The molecular formula is C8H2N2. The first-order valence-corrected chi connectivity index (χ1v) is 2.60. The van der Waals surface area contributed by atoms with E-state index < -0.39 is 0 Å². The lowest BCUT2D eigenvalue weighted by atomic mass is 10.2. The van der Waals surface area contributed by atoms with Gasteiger partial charge < -0.3 is 0 Å². The molecule has 0 spiro atoms. The number of hydrogen-bond acceptors (Lipinski definition) is 2. The van der Waals surface area contributed by atoms with E-state index in [4.69, 9.17) is 10.5 Å². The molecule has 0 fully saturated rings. The third-order valence-corrected chi connectivity index (χ3v) is 0.966. The zero-order chi connectivity index (χ0) is 7.40. The molecule has 0 N–H and O–H groups in total. The van der Waals surface area contributed by atoms with Crippen molar-refractivity contribution in [2.45, 2.75) is 0 Å². The van der Waals surface area contributed by atoms with Gasteiger partial charge in [0.15, 0.2) is 0 Å². The van der Waals surface area contributed by atoms with E-state index >= 15 is 0 Å². The van der Waals surface area contributed by atoms with Crippen LogP contribution in [0.4, 0.5) is 0 Å². The molecule has 0 unspecified atom stereocenters. The highest BCUT2D eigenvalue weighted by molar-refractivity contribution is 5.36. The van der Waals surface area contributed by atoms with Gasteiger partial charge in [-0.15, -0.1) is 0 Å². The van der Waals surface area contributed by atoms with Crippen LogP contribution in [0.3, 0.4) is 0 Å². The van der Waals surface area contributed by atoms with E-state index in [2.05, 4.69) is 12.1 Å². The molecule has 0 aliphatic heterocycles. The predicted octanol–water partition coefficient (Wildman–Crippen LogP) is 1.03. The smallest absolute Gasteiger partial charge is 0.0998 e. The Balaban J connectivity index is 3.17. The molecule has 0 heterocycles. The maximum absolute atomic E-state index is 8.35. The second-order valence-corrected chi connectivity index (χ2v) is 1.63.